The molecule has 1 fully saturated rings. The lowest BCUT2D eigenvalue weighted by Gasteiger charge is -2.32. The number of carbonyl (C=O) groups is 1. The summed E-state index contributed by atoms with van der Waals surface area (Å²) in [6, 6.07) is 11.7. The van der Waals surface area contributed by atoms with E-state index in [0.717, 1.165) is 35.2 Å². The average Bonchev–Trinajstić information content (AvgIpc) is 3.10. The number of nitrogens with one attached hydrogen (secondary N) is 1. The molecule has 2 aromatic heterocycles. The van der Waals surface area contributed by atoms with Gasteiger partial charge >= 0.3 is 0 Å². The quantitative estimate of drug-likeness (QED) is 0.701. The van der Waals surface area contributed by atoms with Crippen LogP contribution in [0.5, 0.6) is 5.88 Å². The van der Waals surface area contributed by atoms with Crippen molar-refractivity contribution >= 4 is 28.6 Å². The summed E-state index contributed by atoms with van der Waals surface area (Å²) in [4.78, 5) is 18.9. The lowest BCUT2D eigenvalue weighted by atomic mass is 10.1. The number of carbonyl (C=O) groups excluding carboxylic acids is 1. The Balaban J connectivity index is 1.34. The third-order valence-corrected chi connectivity index (χ3v) is 5.51. The third-order valence-electron chi connectivity index (χ3n) is 4.47. The zero-order valence-corrected chi connectivity index (χ0v) is 15.1. The number of fused-ring (bicyclic) bond motifs is 1. The predicted octanol–water partition coefficient (Wildman–Crippen LogP) is 3.12. The minimum absolute atomic E-state index is 0.0255. The highest BCUT2D eigenvalue weighted by atomic mass is 32.2. The number of thioether (sulfide) groups is 1. The number of para-hydroxylation sites is 1. The Bertz CT molecular complexity index is 883. The van der Waals surface area contributed by atoms with E-state index in [9.17, 15) is 4.79 Å². The summed E-state index contributed by atoms with van der Waals surface area (Å²) in [6.45, 7) is 1.39. The number of hydrogen-bond acceptors (Lipinski definition) is 5. The number of aromatic amines is 1. The first-order valence-electron chi connectivity index (χ1n) is 8.70. The van der Waals surface area contributed by atoms with Crippen molar-refractivity contribution in [2.24, 2.45) is 0 Å². The van der Waals surface area contributed by atoms with Crippen LogP contribution < -0.4 is 4.74 Å². The minimum Gasteiger partial charge on any atom is -0.471 e. The molecule has 3 heterocycles. The molecule has 0 aliphatic carbocycles. The molecule has 0 radical (unpaired) electrons. The number of ether oxygens (including phenoxy) is 1. The first-order valence-corrected chi connectivity index (χ1v) is 9.69. The highest BCUT2D eigenvalue weighted by Gasteiger charge is 2.25. The van der Waals surface area contributed by atoms with Gasteiger partial charge in [-0.25, -0.2) is 0 Å². The van der Waals surface area contributed by atoms with Crippen LogP contribution in [0.4, 0.5) is 0 Å². The molecule has 1 unspecified atom stereocenters. The number of rotatable bonds is 5. The summed E-state index contributed by atoms with van der Waals surface area (Å²) in [5, 5.41) is 8.94. The first-order chi connectivity index (χ1) is 12.8. The molecule has 1 aliphatic heterocycles. The van der Waals surface area contributed by atoms with E-state index in [-0.39, 0.29) is 12.0 Å². The summed E-state index contributed by atoms with van der Waals surface area (Å²) in [6.07, 6.45) is 5.43. The second-order valence-electron chi connectivity index (χ2n) is 6.27. The van der Waals surface area contributed by atoms with Gasteiger partial charge in [0.1, 0.15) is 6.10 Å². The fourth-order valence-corrected chi connectivity index (χ4v) is 4.11. The van der Waals surface area contributed by atoms with E-state index < -0.39 is 0 Å². The molecule has 0 saturated carbocycles. The monoisotopic (exact) mass is 368 g/mol. The molecule has 1 aromatic carbocycles. The normalized spacial score (nSPS) is 17.4. The maximum atomic E-state index is 12.6. The van der Waals surface area contributed by atoms with Crippen LogP contribution in [-0.4, -0.2) is 50.9 Å². The molecule has 4 rings (SSSR count). The summed E-state index contributed by atoms with van der Waals surface area (Å²) < 4.78 is 5.86. The smallest absolute Gasteiger partial charge is 0.233 e. The molecule has 7 heteroatoms. The number of benzene rings is 1. The molecule has 1 amide bonds. The summed E-state index contributed by atoms with van der Waals surface area (Å²) >= 11 is 1.58. The van der Waals surface area contributed by atoms with Crippen molar-refractivity contribution in [3.63, 3.8) is 0 Å². The highest BCUT2D eigenvalue weighted by Crippen LogP contribution is 2.28. The molecule has 1 saturated heterocycles. The highest BCUT2D eigenvalue weighted by molar-refractivity contribution is 8.00. The van der Waals surface area contributed by atoms with Crippen LogP contribution in [-0.2, 0) is 4.79 Å². The van der Waals surface area contributed by atoms with Crippen molar-refractivity contribution in [1.29, 1.82) is 0 Å². The van der Waals surface area contributed by atoms with Crippen LogP contribution in [0.15, 0.2) is 53.7 Å². The molecule has 0 bridgehead atoms. The zero-order valence-electron chi connectivity index (χ0n) is 14.3. The first kappa shape index (κ1) is 16.9. The zero-order chi connectivity index (χ0) is 17.8. The van der Waals surface area contributed by atoms with Crippen LogP contribution in [0.1, 0.15) is 12.8 Å². The maximum absolute atomic E-state index is 12.6. The fraction of sp³-hybridized carbons (Fsp3) is 0.316. The molecule has 6 nitrogen and oxygen atoms in total. The van der Waals surface area contributed by atoms with Gasteiger partial charge in [-0.1, -0.05) is 18.2 Å². The van der Waals surface area contributed by atoms with Crippen LogP contribution in [0, 0.1) is 0 Å². The largest absolute Gasteiger partial charge is 0.471 e. The van der Waals surface area contributed by atoms with Crippen molar-refractivity contribution in [2.45, 2.75) is 23.8 Å². The summed E-state index contributed by atoms with van der Waals surface area (Å²) in [5.74, 6) is 1.09. The van der Waals surface area contributed by atoms with Gasteiger partial charge in [-0.3, -0.25) is 4.79 Å². The number of piperidine rings is 1. The molecule has 26 heavy (non-hydrogen) atoms. The number of aromatic nitrogens is 3. The summed E-state index contributed by atoms with van der Waals surface area (Å²) in [7, 11) is 0. The van der Waals surface area contributed by atoms with Crippen LogP contribution in [0.3, 0.4) is 0 Å². The van der Waals surface area contributed by atoms with Crippen LogP contribution >= 0.6 is 11.8 Å². The minimum atomic E-state index is -0.0255. The number of hydrogen-bond donors (Lipinski definition) is 1. The van der Waals surface area contributed by atoms with Crippen molar-refractivity contribution in [1.82, 2.24) is 20.1 Å². The van der Waals surface area contributed by atoms with Crippen LogP contribution in [0.25, 0.3) is 10.9 Å². The molecule has 1 aliphatic rings. The fourth-order valence-electron chi connectivity index (χ4n) is 3.18. The molecular weight excluding hydrogens is 348 g/mol. The van der Waals surface area contributed by atoms with E-state index in [4.69, 9.17) is 4.74 Å². The van der Waals surface area contributed by atoms with Crippen molar-refractivity contribution in [2.75, 3.05) is 18.8 Å². The van der Waals surface area contributed by atoms with E-state index in [0.29, 0.717) is 18.2 Å². The van der Waals surface area contributed by atoms with Gasteiger partial charge in [0.25, 0.3) is 0 Å². The Kier molecular flexibility index (Phi) is 5.06. The number of likely N-dealkylation sites (tertiary alicyclic amines) is 1. The van der Waals surface area contributed by atoms with Gasteiger partial charge in [0.05, 0.1) is 12.3 Å². The SMILES string of the molecule is O=C(CSc1c[nH]c2ccccc12)N1CCCC(Oc2cccnn2)C1. The van der Waals surface area contributed by atoms with E-state index in [1.807, 2.05) is 29.3 Å². The molecule has 1 atom stereocenters. The van der Waals surface area contributed by atoms with E-state index in [2.05, 4.69) is 21.2 Å². The topological polar surface area (TPSA) is 71.1 Å². The van der Waals surface area contributed by atoms with Crippen molar-refractivity contribution < 1.29 is 9.53 Å². The standard InChI is InChI=1S/C19H20N4O2S/c24-19(13-26-17-11-20-16-7-2-1-6-15(16)17)23-10-4-5-14(12-23)25-18-8-3-9-21-22-18/h1-3,6-9,11,14,20H,4-5,10,12-13H2. The average molecular weight is 368 g/mol. The third kappa shape index (κ3) is 3.83. The lowest BCUT2D eigenvalue weighted by molar-refractivity contribution is -0.130. The molecular formula is C19H20N4O2S. The van der Waals surface area contributed by atoms with E-state index in [1.165, 1.54) is 0 Å². The van der Waals surface area contributed by atoms with Gasteiger partial charge in [0.15, 0.2) is 0 Å². The Morgan fingerprint density at radius 2 is 2.23 bits per heavy atom. The van der Waals surface area contributed by atoms with Gasteiger partial charge in [-0.05, 0) is 25.0 Å². The molecule has 1 N–H and O–H groups in total. The molecule has 0 spiro atoms. The van der Waals surface area contributed by atoms with Crippen LogP contribution in [0.2, 0.25) is 0 Å². The van der Waals surface area contributed by atoms with E-state index >= 15 is 0 Å². The Hall–Kier alpha value is -2.54. The van der Waals surface area contributed by atoms with Gasteiger partial charge in [-0.15, -0.1) is 16.9 Å². The van der Waals surface area contributed by atoms with Gasteiger partial charge in [0.2, 0.25) is 11.8 Å². The van der Waals surface area contributed by atoms with E-state index in [1.54, 1.807) is 30.1 Å². The van der Waals surface area contributed by atoms with Crippen molar-refractivity contribution in [3.05, 3.63) is 48.8 Å². The molecule has 3 aromatic rings. The Morgan fingerprint density at radius 3 is 3.12 bits per heavy atom. The Morgan fingerprint density at radius 1 is 1.31 bits per heavy atom. The van der Waals surface area contributed by atoms with Gasteiger partial charge < -0.3 is 14.6 Å². The second-order valence-corrected chi connectivity index (χ2v) is 7.29. The van der Waals surface area contributed by atoms with Crippen molar-refractivity contribution in [3.8, 4) is 5.88 Å². The molecule has 134 valence electrons. The Labute approximate surface area is 155 Å². The summed E-state index contributed by atoms with van der Waals surface area (Å²) in [5.41, 5.74) is 1.10. The number of nitrogens with zero attached hydrogens (tertiary/aromatic N) is 3. The number of H-pyrrole nitrogens is 1. The maximum Gasteiger partial charge on any atom is 0.233 e. The predicted molar refractivity (Wildman–Crippen MR) is 101 cm³/mol. The number of amides is 1. The van der Waals surface area contributed by atoms with Gasteiger partial charge in [-0.2, -0.15) is 5.10 Å². The lowest BCUT2D eigenvalue weighted by Crippen LogP contribution is -2.45. The second kappa shape index (κ2) is 7.78. The van der Waals surface area contributed by atoms with Gasteiger partial charge in [0, 0.05) is 40.8 Å².